The van der Waals surface area contributed by atoms with E-state index in [9.17, 15) is 9.59 Å². The van der Waals surface area contributed by atoms with E-state index in [1.807, 2.05) is 0 Å². The van der Waals surface area contributed by atoms with Crippen LogP contribution in [0.4, 0.5) is 4.79 Å². The number of esters is 1. The van der Waals surface area contributed by atoms with Crippen LogP contribution in [0.5, 0.6) is 0 Å². The van der Waals surface area contributed by atoms with Gasteiger partial charge in [-0.15, -0.1) is 0 Å². The highest BCUT2D eigenvalue weighted by Gasteiger charge is 2.28. The summed E-state index contributed by atoms with van der Waals surface area (Å²) in [7, 11) is 1.64. The molecule has 5 nitrogen and oxygen atoms in total. The Kier molecular flexibility index (Phi) is 2.52. The van der Waals surface area contributed by atoms with Crippen LogP contribution in [0.3, 0.4) is 0 Å². The van der Waals surface area contributed by atoms with Crippen molar-refractivity contribution in [1.82, 2.24) is 4.90 Å². The molecule has 1 aliphatic rings. The van der Waals surface area contributed by atoms with E-state index < -0.39 is 0 Å². The first-order valence-corrected chi connectivity index (χ1v) is 3.64. The number of nitrogens with zero attached hydrogens (tertiary/aromatic N) is 1. The predicted molar refractivity (Wildman–Crippen MR) is 39.5 cm³/mol. The van der Waals surface area contributed by atoms with E-state index in [0.717, 1.165) is 0 Å². The van der Waals surface area contributed by atoms with Gasteiger partial charge in [0.1, 0.15) is 6.61 Å². The van der Waals surface area contributed by atoms with Crippen LogP contribution in [0.2, 0.25) is 0 Å². The van der Waals surface area contributed by atoms with Gasteiger partial charge in [0, 0.05) is 14.0 Å². The maximum atomic E-state index is 10.8. The second-order valence-electron chi connectivity index (χ2n) is 2.69. The maximum Gasteiger partial charge on any atom is 0.410 e. The Balaban J connectivity index is 2.28. The maximum absolute atomic E-state index is 10.8. The van der Waals surface area contributed by atoms with Gasteiger partial charge in [-0.2, -0.15) is 0 Å². The third kappa shape index (κ3) is 2.11. The minimum atomic E-state index is -0.368. The van der Waals surface area contributed by atoms with Gasteiger partial charge >= 0.3 is 12.1 Å². The largest absolute Gasteiger partial charge is 0.462 e. The average Bonchev–Trinajstić information content (AvgIpc) is 2.28. The smallest absolute Gasteiger partial charge is 0.410 e. The van der Waals surface area contributed by atoms with Crippen molar-refractivity contribution >= 4 is 12.1 Å². The summed E-state index contributed by atoms with van der Waals surface area (Å²) in [4.78, 5) is 22.6. The molecule has 0 N–H and O–H groups in total. The molecule has 0 saturated carbocycles. The Morgan fingerprint density at radius 2 is 2.50 bits per heavy atom. The highest BCUT2D eigenvalue weighted by atomic mass is 16.6. The molecule has 1 unspecified atom stereocenters. The minimum Gasteiger partial charge on any atom is -0.462 e. The lowest BCUT2D eigenvalue weighted by molar-refractivity contribution is -0.143. The molecule has 0 aromatic heterocycles. The fourth-order valence-electron chi connectivity index (χ4n) is 0.947. The van der Waals surface area contributed by atoms with Crippen LogP contribution in [0.1, 0.15) is 6.92 Å². The van der Waals surface area contributed by atoms with Crippen LogP contribution in [0.25, 0.3) is 0 Å². The Bertz CT molecular complexity index is 204. The minimum absolute atomic E-state index is 0.144. The third-order valence-electron chi connectivity index (χ3n) is 1.53. The number of carbonyl (C=O) groups is 2. The highest BCUT2D eigenvalue weighted by molar-refractivity contribution is 5.69. The third-order valence-corrected chi connectivity index (χ3v) is 1.53. The Labute approximate surface area is 70.2 Å². The van der Waals surface area contributed by atoms with Gasteiger partial charge in [-0.1, -0.05) is 0 Å². The fourth-order valence-corrected chi connectivity index (χ4v) is 0.947. The summed E-state index contributed by atoms with van der Waals surface area (Å²) in [6.07, 6.45) is -0.682. The first kappa shape index (κ1) is 8.83. The molecule has 12 heavy (non-hydrogen) atoms. The molecular formula is C7H11NO4. The number of ether oxygens (including phenoxy) is 2. The lowest BCUT2D eigenvalue weighted by atomic mass is 10.4. The summed E-state index contributed by atoms with van der Waals surface area (Å²) in [5, 5.41) is 0. The number of carbonyl (C=O) groups excluding carboxylic acids is 2. The van der Waals surface area contributed by atoms with Crippen LogP contribution in [0.15, 0.2) is 0 Å². The second kappa shape index (κ2) is 3.42. The SMILES string of the molecule is CC(=O)OCC1CN(C)C(=O)O1. The first-order chi connectivity index (χ1) is 5.59. The average molecular weight is 173 g/mol. The van der Waals surface area contributed by atoms with Crippen molar-refractivity contribution in [3.63, 3.8) is 0 Å². The van der Waals surface area contributed by atoms with E-state index >= 15 is 0 Å². The molecule has 0 radical (unpaired) electrons. The number of amides is 1. The van der Waals surface area contributed by atoms with Crippen LogP contribution < -0.4 is 0 Å². The zero-order valence-corrected chi connectivity index (χ0v) is 7.07. The zero-order valence-electron chi connectivity index (χ0n) is 7.07. The van der Waals surface area contributed by atoms with Gasteiger partial charge in [0.05, 0.1) is 6.54 Å². The molecule has 1 aliphatic heterocycles. The molecule has 1 fully saturated rings. The zero-order chi connectivity index (χ0) is 9.14. The number of cyclic esters (lactones) is 1. The summed E-state index contributed by atoms with van der Waals surface area (Å²) >= 11 is 0. The van der Waals surface area contributed by atoms with Crippen LogP contribution in [0, 0.1) is 0 Å². The molecule has 0 bridgehead atoms. The Morgan fingerprint density at radius 1 is 1.83 bits per heavy atom. The van der Waals surface area contributed by atoms with Crippen molar-refractivity contribution in [2.45, 2.75) is 13.0 Å². The summed E-state index contributed by atoms with van der Waals surface area (Å²) < 4.78 is 9.51. The first-order valence-electron chi connectivity index (χ1n) is 3.64. The molecule has 1 heterocycles. The molecule has 68 valence electrons. The second-order valence-corrected chi connectivity index (χ2v) is 2.69. The molecule has 0 spiro atoms. The van der Waals surface area contributed by atoms with E-state index in [-0.39, 0.29) is 24.8 Å². The van der Waals surface area contributed by atoms with Crippen molar-refractivity contribution in [2.75, 3.05) is 20.2 Å². The van der Waals surface area contributed by atoms with Gasteiger partial charge < -0.3 is 14.4 Å². The van der Waals surface area contributed by atoms with E-state index in [1.165, 1.54) is 11.8 Å². The summed E-state index contributed by atoms with van der Waals surface area (Å²) in [6.45, 7) is 1.94. The number of rotatable bonds is 2. The summed E-state index contributed by atoms with van der Waals surface area (Å²) in [5.74, 6) is -0.361. The van der Waals surface area contributed by atoms with Crippen LogP contribution in [-0.4, -0.2) is 43.3 Å². The number of likely N-dealkylation sites (N-methyl/N-ethyl adjacent to an activating group) is 1. The fraction of sp³-hybridized carbons (Fsp3) is 0.714. The van der Waals surface area contributed by atoms with Crippen LogP contribution in [-0.2, 0) is 14.3 Å². The van der Waals surface area contributed by atoms with Crippen molar-refractivity contribution in [1.29, 1.82) is 0 Å². The van der Waals surface area contributed by atoms with E-state index in [1.54, 1.807) is 7.05 Å². The number of hydrogen-bond acceptors (Lipinski definition) is 4. The summed E-state index contributed by atoms with van der Waals surface area (Å²) in [6, 6.07) is 0. The van der Waals surface area contributed by atoms with Crippen molar-refractivity contribution in [3.8, 4) is 0 Å². The van der Waals surface area contributed by atoms with Crippen molar-refractivity contribution in [3.05, 3.63) is 0 Å². The molecule has 1 atom stereocenters. The van der Waals surface area contributed by atoms with E-state index in [2.05, 4.69) is 4.74 Å². The van der Waals surface area contributed by atoms with Gasteiger partial charge in [0.2, 0.25) is 0 Å². The van der Waals surface area contributed by atoms with Gasteiger partial charge in [0.25, 0.3) is 0 Å². The predicted octanol–water partition coefficient (Wildman–Crippen LogP) is 0.0001000. The Hall–Kier alpha value is -1.26. The van der Waals surface area contributed by atoms with Crippen LogP contribution >= 0.6 is 0 Å². The molecule has 1 rings (SSSR count). The lowest BCUT2D eigenvalue weighted by Gasteiger charge is -2.06. The van der Waals surface area contributed by atoms with E-state index in [4.69, 9.17) is 4.74 Å². The molecule has 1 amide bonds. The monoisotopic (exact) mass is 173 g/mol. The van der Waals surface area contributed by atoms with Gasteiger partial charge in [-0.05, 0) is 0 Å². The molecule has 0 aromatic carbocycles. The normalized spacial score (nSPS) is 22.3. The molecule has 0 aromatic rings. The quantitative estimate of drug-likeness (QED) is 0.551. The molecule has 1 saturated heterocycles. The highest BCUT2D eigenvalue weighted by Crippen LogP contribution is 2.08. The van der Waals surface area contributed by atoms with Crippen molar-refractivity contribution in [2.24, 2.45) is 0 Å². The molecule has 0 aliphatic carbocycles. The molecular weight excluding hydrogens is 162 g/mol. The van der Waals surface area contributed by atoms with E-state index in [0.29, 0.717) is 6.54 Å². The van der Waals surface area contributed by atoms with Crippen molar-refractivity contribution < 1.29 is 19.1 Å². The van der Waals surface area contributed by atoms with Gasteiger partial charge in [-0.3, -0.25) is 4.79 Å². The summed E-state index contributed by atoms with van der Waals surface area (Å²) in [5.41, 5.74) is 0. The standard InChI is InChI=1S/C7H11NO4/c1-5(9)11-4-6-3-8(2)7(10)12-6/h6H,3-4H2,1-2H3. The Morgan fingerprint density at radius 3 is 2.92 bits per heavy atom. The topological polar surface area (TPSA) is 55.8 Å². The van der Waals surface area contributed by atoms with Gasteiger partial charge in [0.15, 0.2) is 6.10 Å². The lowest BCUT2D eigenvalue weighted by Crippen LogP contribution is -2.23. The number of hydrogen-bond donors (Lipinski definition) is 0. The molecule has 5 heteroatoms. The van der Waals surface area contributed by atoms with Gasteiger partial charge in [-0.25, -0.2) is 4.79 Å².